The van der Waals surface area contributed by atoms with E-state index in [1.807, 2.05) is 0 Å². The summed E-state index contributed by atoms with van der Waals surface area (Å²) in [5, 5.41) is 9.14. The lowest BCUT2D eigenvalue weighted by atomic mass is 10.1. The van der Waals surface area contributed by atoms with E-state index >= 15 is 0 Å². The summed E-state index contributed by atoms with van der Waals surface area (Å²) in [6.07, 6.45) is -2.52. The van der Waals surface area contributed by atoms with Crippen molar-refractivity contribution in [3.05, 3.63) is 28.2 Å². The van der Waals surface area contributed by atoms with Gasteiger partial charge in [0, 0.05) is 4.47 Å². The zero-order valence-electron chi connectivity index (χ0n) is 7.25. The van der Waals surface area contributed by atoms with Gasteiger partial charge >= 0.3 is 0 Å². The van der Waals surface area contributed by atoms with Crippen molar-refractivity contribution in [1.82, 2.24) is 0 Å². The molecule has 0 aromatic heterocycles. The largest absolute Gasteiger partial charge is 0.508 e. The van der Waals surface area contributed by atoms with E-state index in [9.17, 15) is 8.78 Å². The molecule has 1 aromatic rings. The number of phenols is 1. The van der Waals surface area contributed by atoms with Crippen molar-refractivity contribution >= 4 is 15.9 Å². The highest BCUT2D eigenvalue weighted by Crippen LogP contribution is 2.23. The Balaban J connectivity index is 2.80. The molecule has 0 saturated heterocycles. The minimum Gasteiger partial charge on any atom is -0.508 e. The lowest BCUT2D eigenvalue weighted by Crippen LogP contribution is -2.31. The Labute approximate surface area is 88.9 Å². The summed E-state index contributed by atoms with van der Waals surface area (Å²) in [6.45, 7) is 0. The highest BCUT2D eigenvalue weighted by atomic mass is 79.9. The normalized spacial score (nSPS) is 13.2. The average Bonchev–Trinajstić information content (AvgIpc) is 2.11. The molecule has 3 N–H and O–H groups in total. The fraction of sp³-hybridized carbons (Fsp3) is 0.333. The summed E-state index contributed by atoms with van der Waals surface area (Å²) in [6, 6.07) is 3.30. The third-order valence-electron chi connectivity index (χ3n) is 1.81. The molecule has 1 rings (SSSR count). The van der Waals surface area contributed by atoms with Crippen molar-refractivity contribution in [2.45, 2.75) is 18.9 Å². The second kappa shape index (κ2) is 4.70. The van der Waals surface area contributed by atoms with Gasteiger partial charge in [-0.15, -0.1) is 0 Å². The van der Waals surface area contributed by atoms with Gasteiger partial charge < -0.3 is 10.8 Å². The van der Waals surface area contributed by atoms with Crippen LogP contribution in [0.25, 0.3) is 0 Å². The van der Waals surface area contributed by atoms with Crippen LogP contribution in [0.15, 0.2) is 22.7 Å². The number of phenolic OH excluding ortho intramolecular Hbond substituents is 1. The van der Waals surface area contributed by atoms with Gasteiger partial charge in [0.15, 0.2) is 0 Å². The topological polar surface area (TPSA) is 46.2 Å². The Kier molecular flexibility index (Phi) is 3.83. The molecular formula is C9H10BrF2NO. The van der Waals surface area contributed by atoms with Crippen LogP contribution in [0.4, 0.5) is 8.78 Å². The van der Waals surface area contributed by atoms with Gasteiger partial charge in [-0.2, -0.15) is 0 Å². The molecule has 14 heavy (non-hydrogen) atoms. The molecule has 0 amide bonds. The van der Waals surface area contributed by atoms with Crippen LogP contribution in [0.5, 0.6) is 5.75 Å². The van der Waals surface area contributed by atoms with E-state index < -0.39 is 12.5 Å². The number of hydrogen-bond donors (Lipinski definition) is 2. The first-order chi connectivity index (χ1) is 6.50. The number of alkyl halides is 2. The third-order valence-corrected chi connectivity index (χ3v) is 2.58. The van der Waals surface area contributed by atoms with Crippen LogP contribution in [0.2, 0.25) is 0 Å². The first-order valence-electron chi connectivity index (χ1n) is 4.02. The molecule has 0 spiro atoms. The van der Waals surface area contributed by atoms with Crippen LogP contribution in [-0.2, 0) is 6.42 Å². The number of halogens is 3. The molecule has 5 heteroatoms. The Morgan fingerprint density at radius 1 is 1.43 bits per heavy atom. The maximum atomic E-state index is 12.1. The van der Waals surface area contributed by atoms with Gasteiger partial charge in [-0.1, -0.05) is 15.9 Å². The highest BCUT2D eigenvalue weighted by molar-refractivity contribution is 9.10. The molecule has 0 aliphatic heterocycles. The molecule has 0 bridgehead atoms. The molecule has 1 atom stereocenters. The second-order valence-electron chi connectivity index (χ2n) is 2.98. The standard InChI is InChI=1S/C9H10BrF2NO/c10-7-2-1-6(14)3-5(7)4-8(13)9(11)12/h1-3,8-9,14H,4,13H2. The predicted octanol–water partition coefficient (Wildman–Crippen LogP) is 2.29. The fourth-order valence-corrected chi connectivity index (χ4v) is 1.47. The summed E-state index contributed by atoms with van der Waals surface area (Å²) in [7, 11) is 0. The molecule has 1 unspecified atom stereocenters. The quantitative estimate of drug-likeness (QED) is 0.881. The zero-order chi connectivity index (χ0) is 10.7. The monoisotopic (exact) mass is 265 g/mol. The first-order valence-corrected chi connectivity index (χ1v) is 4.81. The summed E-state index contributed by atoms with van der Waals surface area (Å²) in [5.41, 5.74) is 5.80. The lowest BCUT2D eigenvalue weighted by molar-refractivity contribution is 0.116. The molecular weight excluding hydrogens is 256 g/mol. The highest BCUT2D eigenvalue weighted by Gasteiger charge is 2.16. The van der Waals surface area contributed by atoms with E-state index in [2.05, 4.69) is 15.9 Å². The minimum atomic E-state index is -2.55. The van der Waals surface area contributed by atoms with Gasteiger partial charge in [0.05, 0.1) is 6.04 Å². The van der Waals surface area contributed by atoms with Crippen molar-refractivity contribution < 1.29 is 13.9 Å². The van der Waals surface area contributed by atoms with Gasteiger partial charge in [-0.25, -0.2) is 8.78 Å². The molecule has 0 saturated carbocycles. The van der Waals surface area contributed by atoms with Gasteiger partial charge in [0.1, 0.15) is 5.75 Å². The van der Waals surface area contributed by atoms with Crippen LogP contribution >= 0.6 is 15.9 Å². The van der Waals surface area contributed by atoms with Crippen molar-refractivity contribution in [3.63, 3.8) is 0 Å². The minimum absolute atomic E-state index is 0.0344. The molecule has 0 aliphatic rings. The molecule has 78 valence electrons. The van der Waals surface area contributed by atoms with Crippen molar-refractivity contribution in [2.24, 2.45) is 5.73 Å². The number of rotatable bonds is 3. The average molecular weight is 266 g/mol. The summed E-state index contributed by atoms with van der Waals surface area (Å²) in [4.78, 5) is 0. The number of hydrogen-bond acceptors (Lipinski definition) is 2. The number of benzene rings is 1. The van der Waals surface area contributed by atoms with Crippen LogP contribution in [-0.4, -0.2) is 17.6 Å². The van der Waals surface area contributed by atoms with Gasteiger partial charge in [0.25, 0.3) is 6.43 Å². The fourth-order valence-electron chi connectivity index (χ4n) is 1.06. The SMILES string of the molecule is NC(Cc1cc(O)ccc1Br)C(F)F. The Hall–Kier alpha value is -0.680. The van der Waals surface area contributed by atoms with Crippen LogP contribution in [0, 0.1) is 0 Å². The lowest BCUT2D eigenvalue weighted by Gasteiger charge is -2.11. The van der Waals surface area contributed by atoms with E-state index in [-0.39, 0.29) is 12.2 Å². The smallest absolute Gasteiger partial charge is 0.253 e. The molecule has 0 fully saturated rings. The van der Waals surface area contributed by atoms with Gasteiger partial charge in [-0.3, -0.25) is 0 Å². The van der Waals surface area contributed by atoms with E-state index in [0.29, 0.717) is 10.0 Å². The Bertz CT molecular complexity index is 320. The van der Waals surface area contributed by atoms with Crippen LogP contribution in [0.3, 0.4) is 0 Å². The van der Waals surface area contributed by atoms with E-state index in [1.165, 1.54) is 12.1 Å². The van der Waals surface area contributed by atoms with E-state index in [1.54, 1.807) is 6.07 Å². The third kappa shape index (κ3) is 2.92. The first kappa shape index (κ1) is 11.4. The van der Waals surface area contributed by atoms with Crippen molar-refractivity contribution in [2.75, 3.05) is 0 Å². The number of aromatic hydroxyl groups is 1. The number of nitrogens with two attached hydrogens (primary N) is 1. The molecule has 0 heterocycles. The van der Waals surface area contributed by atoms with E-state index in [4.69, 9.17) is 10.8 Å². The van der Waals surface area contributed by atoms with Crippen molar-refractivity contribution in [3.8, 4) is 5.75 Å². The van der Waals surface area contributed by atoms with Gasteiger partial charge in [-0.05, 0) is 30.2 Å². The summed E-state index contributed by atoms with van der Waals surface area (Å²) in [5.74, 6) is 0.0460. The molecule has 2 nitrogen and oxygen atoms in total. The van der Waals surface area contributed by atoms with Crippen LogP contribution in [0.1, 0.15) is 5.56 Å². The Morgan fingerprint density at radius 3 is 2.64 bits per heavy atom. The molecule has 1 aromatic carbocycles. The van der Waals surface area contributed by atoms with Gasteiger partial charge in [0.2, 0.25) is 0 Å². The Morgan fingerprint density at radius 2 is 2.07 bits per heavy atom. The molecule has 0 radical (unpaired) electrons. The maximum absolute atomic E-state index is 12.1. The van der Waals surface area contributed by atoms with Crippen molar-refractivity contribution in [1.29, 1.82) is 0 Å². The summed E-state index contributed by atoms with van der Waals surface area (Å²) >= 11 is 3.20. The van der Waals surface area contributed by atoms with Crippen LogP contribution < -0.4 is 5.73 Å². The predicted molar refractivity (Wildman–Crippen MR) is 53.5 cm³/mol. The summed E-state index contributed by atoms with van der Waals surface area (Å²) < 4.78 is 25.0. The zero-order valence-corrected chi connectivity index (χ0v) is 8.84. The van der Waals surface area contributed by atoms with E-state index in [0.717, 1.165) is 0 Å². The molecule has 0 aliphatic carbocycles. The second-order valence-corrected chi connectivity index (χ2v) is 3.83. The maximum Gasteiger partial charge on any atom is 0.253 e.